The molecule has 10 heteroatoms. The van der Waals surface area contributed by atoms with Crippen LogP contribution in [0.15, 0.2) is 52.9 Å². The van der Waals surface area contributed by atoms with E-state index in [2.05, 4.69) is 0 Å². The first kappa shape index (κ1) is 22.6. The van der Waals surface area contributed by atoms with E-state index >= 15 is 0 Å². The number of halogens is 2. The minimum atomic E-state index is -3.73. The van der Waals surface area contributed by atoms with Gasteiger partial charge in [0.2, 0.25) is 10.0 Å². The molecule has 1 aliphatic rings. The van der Waals surface area contributed by atoms with E-state index in [1.807, 2.05) is 17.5 Å². The smallest absolute Gasteiger partial charge is 0.275 e. The molecule has 1 saturated heterocycles. The first-order valence-electron chi connectivity index (χ1n) is 10.2. The zero-order valence-corrected chi connectivity index (χ0v) is 19.1. The average Bonchev–Trinajstić information content (AvgIpc) is 3.42. The van der Waals surface area contributed by atoms with Crippen LogP contribution in [-0.4, -0.2) is 36.3 Å². The lowest BCUT2D eigenvalue weighted by atomic mass is 10.2. The first-order valence-corrected chi connectivity index (χ1v) is 12.5. The summed E-state index contributed by atoms with van der Waals surface area (Å²) in [5, 5.41) is 1.84. The number of aryl methyl sites for hydroxylation is 1. The van der Waals surface area contributed by atoms with Crippen LogP contribution in [0.25, 0.3) is 0 Å². The summed E-state index contributed by atoms with van der Waals surface area (Å²) in [5.41, 5.74) is 0.0207. The van der Waals surface area contributed by atoms with Crippen LogP contribution >= 0.6 is 11.3 Å². The van der Waals surface area contributed by atoms with Gasteiger partial charge in [-0.1, -0.05) is 12.5 Å². The molecule has 4 rings (SSSR count). The second-order valence-electron chi connectivity index (χ2n) is 7.70. The highest BCUT2D eigenvalue weighted by molar-refractivity contribution is 7.89. The van der Waals surface area contributed by atoms with Crippen molar-refractivity contribution in [1.82, 2.24) is 8.87 Å². The fourth-order valence-electron chi connectivity index (χ4n) is 3.81. The molecule has 0 N–H and O–H groups in total. The monoisotopic (exact) mass is 479 g/mol. The summed E-state index contributed by atoms with van der Waals surface area (Å²) in [6, 6.07) is 7.98. The Balaban J connectivity index is 1.71. The fourth-order valence-corrected chi connectivity index (χ4v) is 6.09. The third kappa shape index (κ3) is 4.48. The number of nitrogens with zero attached hydrogens (tertiary/aromatic N) is 3. The Hall–Kier alpha value is -2.56. The van der Waals surface area contributed by atoms with Crippen molar-refractivity contribution in [3.63, 3.8) is 0 Å². The molecule has 1 aliphatic heterocycles. The number of hydrogen-bond acceptors (Lipinski definition) is 4. The van der Waals surface area contributed by atoms with Gasteiger partial charge in [-0.05, 0) is 42.5 Å². The number of aromatic nitrogens is 1. The van der Waals surface area contributed by atoms with Crippen molar-refractivity contribution in [3.05, 3.63) is 70.2 Å². The van der Waals surface area contributed by atoms with E-state index in [1.165, 1.54) is 43.4 Å². The summed E-state index contributed by atoms with van der Waals surface area (Å²) in [6.45, 7) is 0.968. The Labute approximate surface area is 189 Å². The number of sulfonamides is 1. The summed E-state index contributed by atoms with van der Waals surface area (Å²) < 4.78 is 57.0. The SMILES string of the molecule is Cn1cc(S(=O)(=O)N2CCCCC2)cc1C(=O)N(Cc1cccs1)c1ccc(F)cc1F. The summed E-state index contributed by atoms with van der Waals surface area (Å²) in [6.07, 6.45) is 4.00. The standard InChI is InChI=1S/C22H23F2N3O3S2/c1-25-15-18(32(29,30)26-9-3-2-4-10-26)13-21(25)22(28)27(14-17-6-5-11-31-17)20-8-7-16(23)12-19(20)24/h5-8,11-13,15H,2-4,9-10,14H2,1H3. The number of benzene rings is 1. The number of piperidine rings is 1. The van der Waals surface area contributed by atoms with Crippen LogP contribution in [0.3, 0.4) is 0 Å². The molecule has 0 bridgehead atoms. The zero-order valence-electron chi connectivity index (χ0n) is 17.5. The van der Waals surface area contributed by atoms with Gasteiger partial charge in [0.25, 0.3) is 5.91 Å². The average molecular weight is 480 g/mol. The maximum absolute atomic E-state index is 14.6. The number of amides is 1. The highest BCUT2D eigenvalue weighted by Gasteiger charge is 2.30. The van der Waals surface area contributed by atoms with Gasteiger partial charge in [0, 0.05) is 37.3 Å². The molecule has 1 amide bonds. The van der Waals surface area contributed by atoms with Crippen LogP contribution in [0.1, 0.15) is 34.6 Å². The molecule has 0 spiro atoms. The van der Waals surface area contributed by atoms with Gasteiger partial charge in [-0.15, -0.1) is 11.3 Å². The third-order valence-electron chi connectivity index (χ3n) is 5.49. The van der Waals surface area contributed by atoms with E-state index in [9.17, 15) is 22.0 Å². The largest absolute Gasteiger partial charge is 0.345 e. The molecule has 170 valence electrons. The lowest BCUT2D eigenvalue weighted by molar-refractivity contribution is 0.0976. The highest BCUT2D eigenvalue weighted by Crippen LogP contribution is 2.28. The van der Waals surface area contributed by atoms with E-state index < -0.39 is 27.6 Å². The Bertz CT molecular complexity index is 1220. The summed E-state index contributed by atoms with van der Waals surface area (Å²) in [7, 11) is -2.15. The lowest BCUT2D eigenvalue weighted by Crippen LogP contribution is -2.35. The first-order chi connectivity index (χ1) is 15.3. The molecule has 1 fully saturated rings. The molecule has 3 aromatic rings. The maximum Gasteiger partial charge on any atom is 0.275 e. The van der Waals surface area contributed by atoms with E-state index in [-0.39, 0.29) is 22.8 Å². The Kier molecular flexibility index (Phi) is 6.45. The molecule has 0 saturated carbocycles. The Morgan fingerprint density at radius 1 is 1.12 bits per heavy atom. The predicted octanol–water partition coefficient (Wildman–Crippen LogP) is 4.39. The zero-order chi connectivity index (χ0) is 22.9. The molecule has 6 nitrogen and oxygen atoms in total. The predicted molar refractivity (Wildman–Crippen MR) is 119 cm³/mol. The van der Waals surface area contributed by atoms with Gasteiger partial charge in [-0.25, -0.2) is 17.2 Å². The second kappa shape index (κ2) is 9.13. The minimum absolute atomic E-state index is 0.0286. The van der Waals surface area contributed by atoms with Crippen molar-refractivity contribution in [1.29, 1.82) is 0 Å². The molecule has 1 aromatic carbocycles. The van der Waals surface area contributed by atoms with E-state index in [1.54, 1.807) is 7.05 Å². The molecule has 0 unspecified atom stereocenters. The normalized spacial score (nSPS) is 15.1. The van der Waals surface area contributed by atoms with E-state index in [4.69, 9.17) is 0 Å². The highest BCUT2D eigenvalue weighted by atomic mass is 32.2. The molecule has 0 aliphatic carbocycles. The Morgan fingerprint density at radius 3 is 2.53 bits per heavy atom. The van der Waals surface area contributed by atoms with Crippen LogP contribution in [0.5, 0.6) is 0 Å². The summed E-state index contributed by atoms with van der Waals surface area (Å²) >= 11 is 1.40. The van der Waals surface area contributed by atoms with Gasteiger partial charge < -0.3 is 4.57 Å². The van der Waals surface area contributed by atoms with Gasteiger partial charge in [0.05, 0.1) is 12.2 Å². The van der Waals surface area contributed by atoms with Crippen molar-refractivity contribution >= 4 is 33.0 Å². The van der Waals surface area contributed by atoms with E-state index in [0.29, 0.717) is 13.1 Å². The minimum Gasteiger partial charge on any atom is -0.345 e. The van der Waals surface area contributed by atoms with Crippen molar-refractivity contribution in [2.24, 2.45) is 7.05 Å². The number of hydrogen-bond donors (Lipinski definition) is 0. The fraction of sp³-hybridized carbons (Fsp3) is 0.318. The number of carbonyl (C=O) groups excluding carboxylic acids is 1. The number of anilines is 1. The molecule has 3 heterocycles. The van der Waals surface area contributed by atoms with Crippen molar-refractivity contribution < 1.29 is 22.0 Å². The lowest BCUT2D eigenvalue weighted by Gasteiger charge is -2.25. The number of carbonyl (C=O) groups is 1. The molecule has 32 heavy (non-hydrogen) atoms. The van der Waals surface area contributed by atoms with Crippen LogP contribution in [0, 0.1) is 11.6 Å². The molecule has 2 aromatic heterocycles. The van der Waals surface area contributed by atoms with Crippen LogP contribution in [-0.2, 0) is 23.6 Å². The third-order valence-corrected chi connectivity index (χ3v) is 8.22. The Morgan fingerprint density at radius 2 is 1.88 bits per heavy atom. The van der Waals surface area contributed by atoms with Crippen molar-refractivity contribution in [2.75, 3.05) is 18.0 Å². The van der Waals surface area contributed by atoms with Crippen molar-refractivity contribution in [2.45, 2.75) is 30.7 Å². The van der Waals surface area contributed by atoms with Gasteiger partial charge in [0.15, 0.2) is 0 Å². The quantitative estimate of drug-likeness (QED) is 0.527. The van der Waals surface area contributed by atoms with Crippen LogP contribution < -0.4 is 4.90 Å². The van der Waals surface area contributed by atoms with Gasteiger partial charge in [-0.3, -0.25) is 9.69 Å². The summed E-state index contributed by atoms with van der Waals surface area (Å²) in [5.74, 6) is -2.19. The molecular formula is C22H23F2N3O3S2. The van der Waals surface area contributed by atoms with E-state index in [0.717, 1.165) is 36.3 Å². The topological polar surface area (TPSA) is 62.6 Å². The van der Waals surface area contributed by atoms with Crippen LogP contribution in [0.4, 0.5) is 14.5 Å². The van der Waals surface area contributed by atoms with Gasteiger partial charge >= 0.3 is 0 Å². The number of rotatable bonds is 6. The van der Waals surface area contributed by atoms with Crippen LogP contribution in [0.2, 0.25) is 0 Å². The van der Waals surface area contributed by atoms with Gasteiger partial charge in [-0.2, -0.15) is 4.31 Å². The summed E-state index contributed by atoms with van der Waals surface area (Å²) in [4.78, 5) is 15.5. The number of thiophene rings is 1. The molecular weight excluding hydrogens is 456 g/mol. The van der Waals surface area contributed by atoms with Crippen molar-refractivity contribution in [3.8, 4) is 0 Å². The molecule has 0 radical (unpaired) electrons. The second-order valence-corrected chi connectivity index (χ2v) is 10.7. The molecule has 0 atom stereocenters. The van der Waals surface area contributed by atoms with Gasteiger partial charge in [0.1, 0.15) is 22.2 Å². The maximum atomic E-state index is 14.6.